The molecule has 0 saturated carbocycles. The largest absolute Gasteiger partial charge is 0.486 e. The van der Waals surface area contributed by atoms with E-state index in [1.165, 1.54) is 4.88 Å². The standard InChI is InChI=1S/C17H19BrN2O4S2/c18-17-4-1-13(25-17)12-19-5-7-20(8-6-19)26(21,22)14-2-3-15-16(11-14)24-10-9-23-15/h1-4,11H,5-10,12H2. The van der Waals surface area contributed by atoms with Crippen molar-refractivity contribution in [1.29, 1.82) is 0 Å². The molecule has 1 fully saturated rings. The van der Waals surface area contributed by atoms with Gasteiger partial charge in [0.15, 0.2) is 11.5 Å². The molecular weight excluding hydrogens is 440 g/mol. The molecule has 26 heavy (non-hydrogen) atoms. The van der Waals surface area contributed by atoms with Gasteiger partial charge in [-0.3, -0.25) is 4.90 Å². The molecule has 4 rings (SSSR count). The first-order valence-corrected chi connectivity index (χ1v) is 11.4. The van der Waals surface area contributed by atoms with E-state index in [0.29, 0.717) is 37.8 Å². The number of benzene rings is 1. The third-order valence-corrected chi connectivity index (χ3v) is 7.99. The predicted molar refractivity (Wildman–Crippen MR) is 103 cm³/mol. The quantitative estimate of drug-likeness (QED) is 0.704. The van der Waals surface area contributed by atoms with Gasteiger partial charge in [0.1, 0.15) is 13.2 Å². The lowest BCUT2D eigenvalue weighted by Gasteiger charge is -2.33. The summed E-state index contributed by atoms with van der Waals surface area (Å²) in [4.78, 5) is 3.83. The van der Waals surface area contributed by atoms with Crippen LogP contribution in [0.15, 0.2) is 39.0 Å². The normalized spacial score (nSPS) is 18.8. The second-order valence-electron chi connectivity index (χ2n) is 6.19. The fraction of sp³-hybridized carbons (Fsp3) is 0.412. The van der Waals surface area contributed by atoms with E-state index in [1.54, 1.807) is 33.8 Å². The summed E-state index contributed by atoms with van der Waals surface area (Å²) in [5.41, 5.74) is 0. The van der Waals surface area contributed by atoms with Gasteiger partial charge in [0.05, 0.1) is 8.68 Å². The van der Waals surface area contributed by atoms with Gasteiger partial charge in [0.25, 0.3) is 0 Å². The first-order chi connectivity index (χ1) is 12.5. The molecule has 3 heterocycles. The molecule has 140 valence electrons. The van der Waals surface area contributed by atoms with E-state index in [4.69, 9.17) is 9.47 Å². The van der Waals surface area contributed by atoms with E-state index in [-0.39, 0.29) is 4.90 Å². The van der Waals surface area contributed by atoms with Gasteiger partial charge in [0, 0.05) is 43.7 Å². The zero-order valence-electron chi connectivity index (χ0n) is 14.1. The van der Waals surface area contributed by atoms with Crippen LogP contribution in [-0.4, -0.2) is 57.0 Å². The highest BCUT2D eigenvalue weighted by Crippen LogP contribution is 2.33. The lowest BCUT2D eigenvalue weighted by atomic mass is 10.3. The Hall–Kier alpha value is -1.13. The van der Waals surface area contributed by atoms with Crippen molar-refractivity contribution in [2.24, 2.45) is 0 Å². The molecule has 1 aromatic heterocycles. The molecule has 0 unspecified atom stereocenters. The van der Waals surface area contributed by atoms with E-state index in [9.17, 15) is 8.42 Å². The molecule has 0 radical (unpaired) electrons. The van der Waals surface area contributed by atoms with E-state index in [1.807, 2.05) is 6.07 Å². The smallest absolute Gasteiger partial charge is 0.243 e. The fourth-order valence-electron chi connectivity index (χ4n) is 3.12. The molecule has 1 saturated heterocycles. The molecule has 2 aliphatic heterocycles. The molecular formula is C17H19BrN2O4S2. The Morgan fingerprint density at radius 1 is 1.00 bits per heavy atom. The fourth-order valence-corrected chi connectivity index (χ4v) is 6.08. The van der Waals surface area contributed by atoms with Crippen LogP contribution in [0.25, 0.3) is 0 Å². The van der Waals surface area contributed by atoms with E-state index in [0.717, 1.165) is 23.4 Å². The maximum Gasteiger partial charge on any atom is 0.243 e. The topological polar surface area (TPSA) is 59.1 Å². The lowest BCUT2D eigenvalue weighted by Crippen LogP contribution is -2.48. The Bertz CT molecular complexity index is 892. The number of fused-ring (bicyclic) bond motifs is 1. The van der Waals surface area contributed by atoms with Gasteiger partial charge in [-0.2, -0.15) is 4.31 Å². The van der Waals surface area contributed by atoms with Crippen LogP contribution in [0.3, 0.4) is 0 Å². The maximum atomic E-state index is 12.9. The molecule has 0 N–H and O–H groups in total. The minimum atomic E-state index is -3.52. The number of thiophene rings is 1. The van der Waals surface area contributed by atoms with Gasteiger partial charge in [-0.15, -0.1) is 11.3 Å². The predicted octanol–water partition coefficient (Wildman–Crippen LogP) is 2.79. The molecule has 0 bridgehead atoms. The Labute approximate surface area is 165 Å². The number of sulfonamides is 1. The van der Waals surface area contributed by atoms with Crippen molar-refractivity contribution in [3.63, 3.8) is 0 Å². The second-order valence-corrected chi connectivity index (χ2v) is 10.7. The molecule has 0 amide bonds. The second kappa shape index (κ2) is 7.47. The van der Waals surface area contributed by atoms with Crippen molar-refractivity contribution >= 4 is 37.3 Å². The van der Waals surface area contributed by atoms with Gasteiger partial charge < -0.3 is 9.47 Å². The van der Waals surface area contributed by atoms with Crippen LogP contribution in [0.1, 0.15) is 4.88 Å². The zero-order chi connectivity index (χ0) is 18.1. The van der Waals surface area contributed by atoms with Crippen LogP contribution in [-0.2, 0) is 16.6 Å². The van der Waals surface area contributed by atoms with Crippen molar-refractivity contribution in [2.45, 2.75) is 11.4 Å². The van der Waals surface area contributed by atoms with Crippen molar-refractivity contribution in [3.8, 4) is 11.5 Å². The minimum Gasteiger partial charge on any atom is -0.486 e. The number of ether oxygens (including phenoxy) is 2. The number of hydrogen-bond donors (Lipinski definition) is 0. The summed E-state index contributed by atoms with van der Waals surface area (Å²) in [5, 5.41) is 0. The third-order valence-electron chi connectivity index (χ3n) is 4.49. The van der Waals surface area contributed by atoms with Crippen LogP contribution in [0.4, 0.5) is 0 Å². The molecule has 0 aliphatic carbocycles. The Kier molecular flexibility index (Phi) is 5.24. The molecule has 9 heteroatoms. The molecule has 1 aromatic carbocycles. The Balaban J connectivity index is 1.43. The van der Waals surface area contributed by atoms with Gasteiger partial charge in [0.2, 0.25) is 10.0 Å². The molecule has 6 nitrogen and oxygen atoms in total. The average molecular weight is 459 g/mol. The molecule has 2 aliphatic rings. The monoisotopic (exact) mass is 458 g/mol. The van der Waals surface area contributed by atoms with Crippen LogP contribution >= 0.6 is 27.3 Å². The number of rotatable bonds is 4. The Morgan fingerprint density at radius 3 is 2.42 bits per heavy atom. The van der Waals surface area contributed by atoms with Crippen molar-refractivity contribution in [1.82, 2.24) is 9.21 Å². The van der Waals surface area contributed by atoms with Crippen LogP contribution in [0.5, 0.6) is 11.5 Å². The SMILES string of the molecule is O=S(=O)(c1ccc2c(c1)OCCO2)N1CCN(Cc2ccc(Br)s2)CC1. The summed E-state index contributed by atoms with van der Waals surface area (Å²) in [6.07, 6.45) is 0. The van der Waals surface area contributed by atoms with E-state index < -0.39 is 10.0 Å². The highest BCUT2D eigenvalue weighted by Gasteiger charge is 2.29. The van der Waals surface area contributed by atoms with Crippen LogP contribution in [0, 0.1) is 0 Å². The number of piperazine rings is 1. The number of halogens is 1. The first-order valence-electron chi connectivity index (χ1n) is 8.39. The van der Waals surface area contributed by atoms with Crippen molar-refractivity contribution in [3.05, 3.63) is 39.0 Å². The van der Waals surface area contributed by atoms with E-state index in [2.05, 4.69) is 26.9 Å². The van der Waals surface area contributed by atoms with Gasteiger partial charge >= 0.3 is 0 Å². The summed E-state index contributed by atoms with van der Waals surface area (Å²) >= 11 is 5.19. The number of nitrogens with zero attached hydrogens (tertiary/aromatic N) is 2. The summed E-state index contributed by atoms with van der Waals surface area (Å²) in [5.74, 6) is 1.10. The average Bonchev–Trinajstić information content (AvgIpc) is 3.06. The number of hydrogen-bond acceptors (Lipinski definition) is 6. The maximum absolute atomic E-state index is 12.9. The third kappa shape index (κ3) is 3.77. The van der Waals surface area contributed by atoms with Crippen LogP contribution in [0.2, 0.25) is 0 Å². The van der Waals surface area contributed by atoms with Crippen molar-refractivity contribution < 1.29 is 17.9 Å². The molecule has 0 spiro atoms. The van der Waals surface area contributed by atoms with E-state index >= 15 is 0 Å². The first kappa shape index (κ1) is 18.2. The summed E-state index contributed by atoms with van der Waals surface area (Å²) in [6, 6.07) is 8.99. The van der Waals surface area contributed by atoms with Gasteiger partial charge in [-0.25, -0.2) is 8.42 Å². The molecule has 0 atom stereocenters. The van der Waals surface area contributed by atoms with Gasteiger partial charge in [-0.1, -0.05) is 0 Å². The Morgan fingerprint density at radius 2 is 1.73 bits per heavy atom. The van der Waals surface area contributed by atoms with Crippen molar-refractivity contribution in [2.75, 3.05) is 39.4 Å². The summed E-state index contributed by atoms with van der Waals surface area (Å²) in [6.45, 7) is 4.20. The summed E-state index contributed by atoms with van der Waals surface area (Å²) in [7, 11) is -3.52. The van der Waals surface area contributed by atoms with Gasteiger partial charge in [-0.05, 0) is 40.2 Å². The zero-order valence-corrected chi connectivity index (χ0v) is 17.3. The lowest BCUT2D eigenvalue weighted by molar-refractivity contribution is 0.170. The summed E-state index contributed by atoms with van der Waals surface area (Å²) < 4.78 is 39.5. The van der Waals surface area contributed by atoms with Crippen LogP contribution < -0.4 is 9.47 Å². The minimum absolute atomic E-state index is 0.261. The molecule has 2 aromatic rings. The highest BCUT2D eigenvalue weighted by molar-refractivity contribution is 9.11. The highest BCUT2D eigenvalue weighted by atomic mass is 79.9.